The van der Waals surface area contributed by atoms with Crippen molar-refractivity contribution in [1.82, 2.24) is 9.97 Å². The molecular formula is C49H35Eu2F3N2O4S. The number of benzene rings is 6. The molecule has 0 fully saturated rings. The Balaban J connectivity index is 0.000000178. The number of thiophene rings is 1. The molecule has 0 saturated carbocycles. The molecule has 306 valence electrons. The maximum atomic E-state index is 11.8. The summed E-state index contributed by atoms with van der Waals surface area (Å²) >= 11 is 1.11. The van der Waals surface area contributed by atoms with Gasteiger partial charge in [0, 0.05) is 94.6 Å². The van der Waals surface area contributed by atoms with Crippen LogP contribution in [0.2, 0.25) is 0 Å². The molecule has 0 amide bonds. The van der Waals surface area contributed by atoms with E-state index in [0.717, 1.165) is 43.9 Å². The van der Waals surface area contributed by atoms with E-state index in [-0.39, 0.29) is 110 Å². The Labute approximate surface area is 436 Å². The van der Waals surface area contributed by atoms with Crippen LogP contribution in [0, 0.1) is 111 Å². The summed E-state index contributed by atoms with van der Waals surface area (Å²) in [4.78, 5) is 20.8. The summed E-state index contributed by atoms with van der Waals surface area (Å²) in [5, 5.41) is 36.2. The van der Waals surface area contributed by atoms with E-state index in [9.17, 15) is 28.2 Å². The molecule has 0 aliphatic heterocycles. The molecule has 0 spiro atoms. The van der Waals surface area contributed by atoms with Crippen molar-refractivity contribution < 1.29 is 132 Å². The molecule has 0 aliphatic rings. The summed E-state index contributed by atoms with van der Waals surface area (Å²) < 4.78 is 35.5. The Kier molecular flexibility index (Phi) is 20.0. The number of aliphatic hydroxyl groups is 3. The van der Waals surface area contributed by atoms with Gasteiger partial charge in [-0.3, -0.25) is 14.8 Å². The van der Waals surface area contributed by atoms with Gasteiger partial charge in [-0.25, -0.2) is 10.8 Å². The standard InChI is InChI=1S/C15H12O2.C14H8.C12H8N2.C8H7F3O2S.2Eu/c16-14(12-7-3-1-4-8-12)11-15(17)13-9-5-2-6-10-13;1-3-7-13-11(5-1)9-10-12-6-2-4-8-14(12)13;1-3-9-5-6-10-4-2-8-14-12(10)11(9)13-7-1;9-8(10,11)7(13)4-5(12)6-2-1-3-14-6;;/h1-11,16H;1-6,9-10H;1-8H;1-5,12-13H;;/q;-2;;;;+2. The third-order valence-corrected chi connectivity index (χ3v) is 9.59. The molecule has 0 bridgehead atoms. The van der Waals surface area contributed by atoms with Crippen LogP contribution in [0.25, 0.3) is 49.1 Å². The van der Waals surface area contributed by atoms with Crippen molar-refractivity contribution in [1.29, 1.82) is 0 Å². The zero-order chi connectivity index (χ0) is 41.6. The van der Waals surface area contributed by atoms with Gasteiger partial charge in [-0.05, 0) is 29.7 Å². The van der Waals surface area contributed by atoms with Crippen LogP contribution in [0.3, 0.4) is 0 Å². The Hall–Kier alpha value is -3.97. The zero-order valence-corrected chi connectivity index (χ0v) is 37.6. The van der Waals surface area contributed by atoms with E-state index >= 15 is 0 Å². The van der Waals surface area contributed by atoms with Crippen LogP contribution < -0.4 is 0 Å². The molecule has 6 aromatic carbocycles. The summed E-state index contributed by atoms with van der Waals surface area (Å²) in [5.74, 6) is -2.00. The van der Waals surface area contributed by atoms with E-state index < -0.39 is 18.0 Å². The third kappa shape index (κ3) is 14.3. The monoisotopic (exact) mass is 1110 g/mol. The third-order valence-electron chi connectivity index (χ3n) is 8.65. The molecule has 6 nitrogen and oxygen atoms in total. The Morgan fingerprint density at radius 1 is 0.623 bits per heavy atom. The number of hydrogen-bond donors (Lipinski definition) is 3. The van der Waals surface area contributed by atoms with Gasteiger partial charge in [0.05, 0.1) is 11.0 Å². The molecule has 1 unspecified atom stereocenters. The van der Waals surface area contributed by atoms with E-state index in [4.69, 9.17) is 5.11 Å². The molecule has 9 rings (SSSR count). The number of hydrogen-bond acceptors (Lipinski definition) is 7. The number of alkyl halides is 3. The minimum absolute atomic E-state index is 0. The molecule has 0 saturated heterocycles. The summed E-state index contributed by atoms with van der Waals surface area (Å²) in [7, 11) is 0. The van der Waals surface area contributed by atoms with Gasteiger partial charge in [0.25, 0.3) is 0 Å². The maximum absolute atomic E-state index is 11.8. The fourth-order valence-corrected chi connectivity index (χ4v) is 6.44. The van der Waals surface area contributed by atoms with Crippen LogP contribution in [0.15, 0.2) is 193 Å². The molecule has 3 aromatic heterocycles. The number of fused-ring (bicyclic) bond motifs is 6. The molecule has 9 aromatic rings. The molecule has 1 atom stereocenters. The quantitative estimate of drug-likeness (QED) is 0.0522. The minimum Gasteiger partial charge on any atom is -0.507 e. The first-order chi connectivity index (χ1) is 28.6. The molecule has 3 N–H and O–H groups in total. The fraction of sp³-hybridized carbons (Fsp3) is 0.0408. The average Bonchev–Trinajstić information content (AvgIpc) is 3.83. The van der Waals surface area contributed by atoms with Gasteiger partial charge in [-0.15, -0.1) is 47.7 Å². The number of carbonyl (C=O) groups is 1. The minimum atomic E-state index is -4.81. The van der Waals surface area contributed by atoms with Gasteiger partial charge >= 0.3 is 55.6 Å². The SMILES string of the molecule is O=C(C=C(O)c1ccccc1)c1ccccc1.OC(=CC(O)c1cccs1)C(F)(F)F.[Eu+2].[Eu].[c-]1cccc2ccc3ccc[c-]c3c12.c1cnc2c(c1)ccc1cccnc12. The van der Waals surface area contributed by atoms with Gasteiger partial charge in [0.15, 0.2) is 11.5 Å². The van der Waals surface area contributed by atoms with Crippen molar-refractivity contribution in [3.8, 4) is 0 Å². The number of rotatable bonds is 5. The van der Waals surface area contributed by atoms with E-state index in [1.54, 1.807) is 60.2 Å². The zero-order valence-electron chi connectivity index (χ0n) is 31.9. The van der Waals surface area contributed by atoms with E-state index in [1.165, 1.54) is 22.9 Å². The second-order valence-corrected chi connectivity index (χ2v) is 13.7. The van der Waals surface area contributed by atoms with E-state index in [0.29, 0.717) is 22.1 Å². The molecular weight excluding hydrogens is 1070 g/mol. The van der Waals surface area contributed by atoms with Crippen molar-refractivity contribution in [3.05, 3.63) is 222 Å². The van der Waals surface area contributed by atoms with Gasteiger partial charge < -0.3 is 15.3 Å². The number of pyridine rings is 2. The van der Waals surface area contributed by atoms with Gasteiger partial charge in [-0.1, -0.05) is 91.0 Å². The van der Waals surface area contributed by atoms with Gasteiger partial charge in [0.2, 0.25) is 0 Å². The topological polar surface area (TPSA) is 104 Å². The number of aliphatic hydroxyl groups excluding tert-OH is 3. The number of aromatic nitrogens is 2. The van der Waals surface area contributed by atoms with E-state index in [1.807, 2.05) is 60.7 Å². The first kappa shape index (κ1) is 49.7. The summed E-state index contributed by atoms with van der Waals surface area (Å²) in [6, 6.07) is 56.0. The average molecular weight is 1110 g/mol. The normalized spacial score (nSPS) is 11.7. The number of carbonyl (C=O) groups excluding carboxylic acids is 1. The second kappa shape index (κ2) is 24.6. The molecule has 12 heteroatoms. The predicted molar refractivity (Wildman–Crippen MR) is 230 cm³/mol. The van der Waals surface area contributed by atoms with Crippen LogP contribution in [0.1, 0.15) is 26.9 Å². The Bertz CT molecular complexity index is 2620. The number of allylic oxidation sites excluding steroid dienone is 2. The molecule has 3 heterocycles. The molecule has 0 aliphatic carbocycles. The van der Waals surface area contributed by atoms with Crippen molar-refractivity contribution in [3.63, 3.8) is 0 Å². The summed E-state index contributed by atoms with van der Waals surface area (Å²) in [6.07, 6.45) is -1.02. The largest absolute Gasteiger partial charge is 2.00 e. The predicted octanol–water partition coefficient (Wildman–Crippen LogP) is 12.6. The van der Waals surface area contributed by atoms with Crippen LogP contribution >= 0.6 is 11.3 Å². The van der Waals surface area contributed by atoms with Crippen molar-refractivity contribution in [2.75, 3.05) is 0 Å². The van der Waals surface area contributed by atoms with Crippen molar-refractivity contribution in [2.45, 2.75) is 12.3 Å². The Morgan fingerprint density at radius 3 is 1.57 bits per heavy atom. The van der Waals surface area contributed by atoms with Gasteiger partial charge in [-0.2, -0.15) is 48.2 Å². The molecule has 2 radical (unpaired) electrons. The first-order valence-electron chi connectivity index (χ1n) is 18.1. The number of nitrogens with zero attached hydrogens (tertiary/aromatic N) is 2. The summed E-state index contributed by atoms with van der Waals surface area (Å²) in [6.45, 7) is 0. The van der Waals surface area contributed by atoms with Crippen LogP contribution in [0.4, 0.5) is 13.2 Å². The van der Waals surface area contributed by atoms with Gasteiger partial charge in [0.1, 0.15) is 11.9 Å². The number of halogens is 3. The Morgan fingerprint density at radius 2 is 1.10 bits per heavy atom. The molecule has 61 heavy (non-hydrogen) atoms. The van der Waals surface area contributed by atoms with Crippen LogP contribution in [0.5, 0.6) is 0 Å². The summed E-state index contributed by atoms with van der Waals surface area (Å²) in [5.41, 5.74) is 3.16. The fourth-order valence-electron chi connectivity index (χ4n) is 5.76. The van der Waals surface area contributed by atoms with Crippen LogP contribution in [-0.2, 0) is 0 Å². The van der Waals surface area contributed by atoms with Crippen LogP contribution in [-0.4, -0.2) is 37.2 Å². The second-order valence-electron chi connectivity index (χ2n) is 12.7. The smallest absolute Gasteiger partial charge is 0.507 e. The van der Waals surface area contributed by atoms with Crippen molar-refractivity contribution >= 4 is 66.2 Å². The number of ketones is 1. The van der Waals surface area contributed by atoms with E-state index in [2.05, 4.69) is 70.6 Å². The first-order valence-corrected chi connectivity index (χ1v) is 19.0. The van der Waals surface area contributed by atoms with Crippen molar-refractivity contribution in [2.24, 2.45) is 0 Å². The maximum Gasteiger partial charge on any atom is 2.00 e.